The van der Waals surface area contributed by atoms with Gasteiger partial charge in [0.25, 0.3) is 0 Å². The van der Waals surface area contributed by atoms with Gasteiger partial charge in [0, 0.05) is 31.1 Å². The number of nitrogens with one attached hydrogen (secondary N) is 2. The number of hydrogen-bond donors (Lipinski definition) is 2. The van der Waals surface area contributed by atoms with E-state index in [4.69, 9.17) is 11.6 Å². The summed E-state index contributed by atoms with van der Waals surface area (Å²) < 4.78 is 2.13. The normalized spacial score (nSPS) is 14.2. The van der Waals surface area contributed by atoms with Crippen molar-refractivity contribution in [3.8, 4) is 11.4 Å². The molecule has 1 atom stereocenters. The maximum Gasteiger partial charge on any atom is 0.226 e. The molecule has 2 aromatic carbocycles. The van der Waals surface area contributed by atoms with E-state index in [1.807, 2.05) is 36.4 Å². The van der Waals surface area contributed by atoms with Gasteiger partial charge in [-0.1, -0.05) is 48.4 Å². The van der Waals surface area contributed by atoms with Crippen LogP contribution in [0.4, 0.5) is 5.69 Å². The molecule has 0 fully saturated rings. The molecule has 32 heavy (non-hydrogen) atoms. The van der Waals surface area contributed by atoms with Crippen LogP contribution in [0, 0.1) is 0 Å². The van der Waals surface area contributed by atoms with Crippen molar-refractivity contribution in [1.29, 1.82) is 0 Å². The maximum absolute atomic E-state index is 12.8. The number of carbonyl (C=O) groups is 2. The molecule has 166 valence electrons. The minimum atomic E-state index is -0.410. The molecular weight excluding hydrogens is 426 g/mol. The van der Waals surface area contributed by atoms with E-state index < -0.39 is 6.04 Å². The minimum absolute atomic E-state index is 0.113. The predicted octanol–water partition coefficient (Wildman–Crippen LogP) is 4.53. The zero-order valence-electron chi connectivity index (χ0n) is 18.0. The quantitative estimate of drug-likeness (QED) is 0.576. The lowest BCUT2D eigenvalue weighted by Crippen LogP contribution is -2.29. The summed E-state index contributed by atoms with van der Waals surface area (Å²) in [5.41, 5.74) is 2.24. The predicted molar refractivity (Wildman–Crippen MR) is 124 cm³/mol. The summed E-state index contributed by atoms with van der Waals surface area (Å²) >= 11 is 6.49. The van der Waals surface area contributed by atoms with Gasteiger partial charge in [0.15, 0.2) is 5.82 Å². The Bertz CT molecular complexity index is 1110. The van der Waals surface area contributed by atoms with Crippen LogP contribution < -0.4 is 10.6 Å². The number of carbonyl (C=O) groups excluding carboxylic acids is 2. The van der Waals surface area contributed by atoms with Gasteiger partial charge in [-0.15, -0.1) is 10.2 Å². The highest BCUT2D eigenvalue weighted by Crippen LogP contribution is 2.31. The Kier molecular flexibility index (Phi) is 6.85. The van der Waals surface area contributed by atoms with Gasteiger partial charge in [0.2, 0.25) is 11.8 Å². The number of anilines is 1. The van der Waals surface area contributed by atoms with Gasteiger partial charge in [-0.25, -0.2) is 0 Å². The Hall–Kier alpha value is -3.19. The zero-order chi connectivity index (χ0) is 22.5. The van der Waals surface area contributed by atoms with Gasteiger partial charge in [-0.3, -0.25) is 9.59 Å². The molecule has 7 nitrogen and oxygen atoms in total. The van der Waals surface area contributed by atoms with E-state index in [0.29, 0.717) is 10.7 Å². The molecule has 0 aliphatic carbocycles. The summed E-state index contributed by atoms with van der Waals surface area (Å²) in [4.78, 5) is 24.5. The zero-order valence-corrected chi connectivity index (χ0v) is 18.7. The number of fused-ring (bicyclic) bond motifs is 1. The minimum Gasteiger partial charge on any atom is -0.349 e. The number of rotatable bonds is 6. The summed E-state index contributed by atoms with van der Waals surface area (Å²) in [5.74, 6) is 1.31. The fourth-order valence-corrected chi connectivity index (χ4v) is 4.24. The smallest absolute Gasteiger partial charge is 0.226 e. The molecule has 1 unspecified atom stereocenters. The van der Waals surface area contributed by atoms with E-state index in [1.54, 1.807) is 12.1 Å². The summed E-state index contributed by atoms with van der Waals surface area (Å²) in [6.07, 6.45) is 4.38. The standard InChI is InChI=1S/C24H26ClN5O2/c1-16(31)26-21(17-8-4-2-5-9-17)15-23(32)27-18-11-12-20(25)19(14-18)24-29-28-22-10-6-3-7-13-30(22)24/h2,4-5,8-9,11-12,14,21H,3,6-7,10,13,15H2,1H3,(H,26,31)(H,27,32). The van der Waals surface area contributed by atoms with Crippen molar-refractivity contribution < 1.29 is 9.59 Å². The molecule has 0 saturated heterocycles. The van der Waals surface area contributed by atoms with Crippen LogP contribution in [0.2, 0.25) is 5.02 Å². The third-order valence-electron chi connectivity index (χ3n) is 5.57. The van der Waals surface area contributed by atoms with Crippen molar-refractivity contribution >= 4 is 29.1 Å². The molecule has 4 rings (SSSR count). The average molecular weight is 452 g/mol. The number of amides is 2. The number of nitrogens with zero attached hydrogens (tertiary/aromatic N) is 3. The molecule has 0 saturated carbocycles. The van der Waals surface area contributed by atoms with Gasteiger partial charge in [-0.05, 0) is 36.6 Å². The molecular formula is C24H26ClN5O2. The van der Waals surface area contributed by atoms with Crippen molar-refractivity contribution in [2.45, 2.75) is 51.6 Å². The third-order valence-corrected chi connectivity index (χ3v) is 5.90. The van der Waals surface area contributed by atoms with Gasteiger partial charge in [0.05, 0.1) is 17.5 Å². The Morgan fingerprint density at radius 2 is 1.91 bits per heavy atom. The second kappa shape index (κ2) is 9.96. The van der Waals surface area contributed by atoms with Gasteiger partial charge in [0.1, 0.15) is 5.82 Å². The lowest BCUT2D eigenvalue weighted by atomic mass is 10.0. The summed E-state index contributed by atoms with van der Waals surface area (Å²) in [6, 6.07) is 14.4. The highest BCUT2D eigenvalue weighted by Gasteiger charge is 2.20. The fraction of sp³-hybridized carbons (Fsp3) is 0.333. The van der Waals surface area contributed by atoms with Gasteiger partial charge in [-0.2, -0.15) is 0 Å². The Balaban J connectivity index is 1.53. The van der Waals surface area contributed by atoms with Crippen LogP contribution in [0.3, 0.4) is 0 Å². The number of hydrogen-bond acceptors (Lipinski definition) is 4. The lowest BCUT2D eigenvalue weighted by molar-refractivity contribution is -0.120. The third kappa shape index (κ3) is 5.16. The number of aromatic nitrogens is 3. The van der Waals surface area contributed by atoms with Crippen LogP contribution in [0.5, 0.6) is 0 Å². The Morgan fingerprint density at radius 1 is 1.09 bits per heavy atom. The molecule has 2 N–H and O–H groups in total. The number of halogens is 1. The van der Waals surface area contributed by atoms with E-state index in [1.165, 1.54) is 13.3 Å². The molecule has 0 bridgehead atoms. The summed E-state index contributed by atoms with van der Waals surface area (Å²) in [7, 11) is 0. The van der Waals surface area contributed by atoms with Crippen LogP contribution in [0.1, 0.15) is 50.0 Å². The van der Waals surface area contributed by atoms with Crippen molar-refractivity contribution in [1.82, 2.24) is 20.1 Å². The molecule has 1 aliphatic rings. The second-order valence-corrected chi connectivity index (χ2v) is 8.42. The molecule has 8 heteroatoms. The molecule has 2 amide bonds. The lowest BCUT2D eigenvalue weighted by Gasteiger charge is -2.18. The molecule has 3 aromatic rings. The van der Waals surface area contributed by atoms with Gasteiger partial charge < -0.3 is 15.2 Å². The largest absolute Gasteiger partial charge is 0.349 e. The first-order chi connectivity index (χ1) is 15.5. The van der Waals surface area contributed by atoms with Crippen molar-refractivity contribution in [3.63, 3.8) is 0 Å². The molecule has 1 aromatic heterocycles. The van der Waals surface area contributed by atoms with E-state index in [0.717, 1.165) is 48.6 Å². The first-order valence-corrected chi connectivity index (χ1v) is 11.2. The highest BCUT2D eigenvalue weighted by atomic mass is 35.5. The van der Waals surface area contributed by atoms with Crippen LogP contribution in [-0.4, -0.2) is 26.6 Å². The van der Waals surface area contributed by atoms with E-state index in [9.17, 15) is 9.59 Å². The molecule has 0 radical (unpaired) electrons. The second-order valence-electron chi connectivity index (χ2n) is 8.01. The number of benzene rings is 2. The number of aryl methyl sites for hydroxylation is 1. The van der Waals surface area contributed by atoms with Crippen molar-refractivity contribution in [2.24, 2.45) is 0 Å². The van der Waals surface area contributed by atoms with Crippen molar-refractivity contribution in [2.75, 3.05) is 5.32 Å². The Labute approximate surface area is 192 Å². The van der Waals surface area contributed by atoms with Crippen LogP contribution in [0.15, 0.2) is 48.5 Å². The molecule has 1 aliphatic heterocycles. The molecule has 0 spiro atoms. The van der Waals surface area contributed by atoms with Crippen LogP contribution in [-0.2, 0) is 22.6 Å². The van der Waals surface area contributed by atoms with Crippen LogP contribution in [0.25, 0.3) is 11.4 Å². The van der Waals surface area contributed by atoms with E-state index in [-0.39, 0.29) is 18.2 Å². The SMILES string of the molecule is CC(=O)NC(CC(=O)Nc1ccc(Cl)c(-c2nnc3n2CCCCC3)c1)c1ccccc1. The fourth-order valence-electron chi connectivity index (χ4n) is 4.04. The monoisotopic (exact) mass is 451 g/mol. The Morgan fingerprint density at radius 3 is 2.69 bits per heavy atom. The van der Waals surface area contributed by atoms with E-state index in [2.05, 4.69) is 25.4 Å². The summed E-state index contributed by atoms with van der Waals surface area (Å²) in [6.45, 7) is 2.31. The first kappa shape index (κ1) is 22.0. The van der Waals surface area contributed by atoms with Crippen molar-refractivity contribution in [3.05, 3.63) is 64.9 Å². The average Bonchev–Trinajstić information content (AvgIpc) is 3.02. The summed E-state index contributed by atoms with van der Waals surface area (Å²) in [5, 5.41) is 15.1. The maximum atomic E-state index is 12.8. The molecule has 2 heterocycles. The highest BCUT2D eigenvalue weighted by molar-refractivity contribution is 6.33. The van der Waals surface area contributed by atoms with Crippen LogP contribution >= 0.6 is 11.6 Å². The van der Waals surface area contributed by atoms with E-state index >= 15 is 0 Å². The first-order valence-electron chi connectivity index (χ1n) is 10.8. The van der Waals surface area contributed by atoms with Gasteiger partial charge >= 0.3 is 0 Å². The topological polar surface area (TPSA) is 88.9 Å².